The van der Waals surface area contributed by atoms with E-state index in [-0.39, 0.29) is 11.2 Å². The van der Waals surface area contributed by atoms with Crippen LogP contribution in [0.5, 0.6) is 0 Å². The molecule has 9 heavy (non-hydrogen) atoms. The Morgan fingerprint density at radius 1 is 1.67 bits per heavy atom. The summed E-state index contributed by atoms with van der Waals surface area (Å²) in [5.74, 6) is 0.479. The summed E-state index contributed by atoms with van der Waals surface area (Å²) < 4.78 is 5.09. The van der Waals surface area contributed by atoms with Gasteiger partial charge in [0.1, 0.15) is 0 Å². The summed E-state index contributed by atoms with van der Waals surface area (Å²) in [7, 11) is 0. The highest BCUT2D eigenvalue weighted by atomic mass is 32.2. The van der Waals surface area contributed by atoms with Crippen molar-refractivity contribution in [3.8, 4) is 0 Å². The molecule has 0 bridgehead atoms. The Labute approximate surface area is 60.0 Å². The number of rotatable bonds is 3. The standard InChI is InChI=1S/C6H12O2S/c1-5(2)8-4-9-6(3)7/h5H,4H2,1-3H3. The van der Waals surface area contributed by atoms with Crippen molar-refractivity contribution in [3.63, 3.8) is 0 Å². The molecule has 0 rings (SSSR count). The molecule has 0 N–H and O–H groups in total. The highest BCUT2D eigenvalue weighted by Gasteiger charge is 1.95. The van der Waals surface area contributed by atoms with Gasteiger partial charge >= 0.3 is 0 Å². The van der Waals surface area contributed by atoms with Crippen molar-refractivity contribution < 1.29 is 9.53 Å². The molecule has 0 saturated heterocycles. The van der Waals surface area contributed by atoms with Crippen molar-refractivity contribution in [2.75, 3.05) is 5.94 Å². The van der Waals surface area contributed by atoms with E-state index in [1.165, 1.54) is 18.7 Å². The first-order chi connectivity index (χ1) is 4.13. The molecule has 0 aromatic heterocycles. The predicted molar refractivity (Wildman–Crippen MR) is 39.4 cm³/mol. The van der Waals surface area contributed by atoms with Gasteiger partial charge in [-0.15, -0.1) is 0 Å². The fourth-order valence-corrected chi connectivity index (χ4v) is 0.759. The minimum Gasteiger partial charge on any atom is -0.368 e. The number of carbonyl (C=O) groups excluding carboxylic acids is 1. The SMILES string of the molecule is CC(=O)SCOC(C)C. The Hall–Kier alpha value is -0.0200. The van der Waals surface area contributed by atoms with Gasteiger partial charge in [0.15, 0.2) is 5.12 Å². The van der Waals surface area contributed by atoms with E-state index >= 15 is 0 Å². The molecule has 0 spiro atoms. The Bertz CT molecular complexity index is 91.1. The van der Waals surface area contributed by atoms with Gasteiger partial charge < -0.3 is 4.74 Å². The molecule has 3 heteroatoms. The van der Waals surface area contributed by atoms with E-state index in [2.05, 4.69) is 0 Å². The third-order valence-corrected chi connectivity index (χ3v) is 1.32. The Kier molecular flexibility index (Phi) is 4.81. The molecule has 0 unspecified atom stereocenters. The molecule has 0 heterocycles. The summed E-state index contributed by atoms with van der Waals surface area (Å²) >= 11 is 1.20. The maximum Gasteiger partial charge on any atom is 0.188 e. The molecule has 0 aliphatic rings. The van der Waals surface area contributed by atoms with Crippen LogP contribution in [0.2, 0.25) is 0 Å². The van der Waals surface area contributed by atoms with Crippen molar-refractivity contribution in [1.82, 2.24) is 0 Å². The van der Waals surface area contributed by atoms with E-state index in [9.17, 15) is 4.79 Å². The van der Waals surface area contributed by atoms with Crippen LogP contribution in [-0.2, 0) is 9.53 Å². The van der Waals surface area contributed by atoms with E-state index in [0.717, 1.165) is 0 Å². The van der Waals surface area contributed by atoms with Crippen LogP contribution in [0.15, 0.2) is 0 Å². The van der Waals surface area contributed by atoms with Crippen molar-refractivity contribution in [1.29, 1.82) is 0 Å². The minimum atomic E-state index is 0.107. The molecule has 0 radical (unpaired) electrons. The van der Waals surface area contributed by atoms with Crippen LogP contribution in [0, 0.1) is 0 Å². The Balaban J connectivity index is 3.01. The summed E-state index contributed by atoms with van der Waals surface area (Å²) in [6.45, 7) is 5.43. The molecular formula is C6H12O2S. The summed E-state index contributed by atoms with van der Waals surface area (Å²) in [5, 5.41) is 0.107. The number of hydrogen-bond donors (Lipinski definition) is 0. The monoisotopic (exact) mass is 148 g/mol. The van der Waals surface area contributed by atoms with Crippen molar-refractivity contribution in [3.05, 3.63) is 0 Å². The van der Waals surface area contributed by atoms with Crippen LogP contribution < -0.4 is 0 Å². The molecule has 2 nitrogen and oxygen atoms in total. The summed E-state index contributed by atoms with van der Waals surface area (Å²) in [4.78, 5) is 10.3. The van der Waals surface area contributed by atoms with E-state index in [1.54, 1.807) is 0 Å². The zero-order valence-electron chi connectivity index (χ0n) is 6.01. The molecule has 0 atom stereocenters. The van der Waals surface area contributed by atoms with Crippen molar-refractivity contribution in [2.24, 2.45) is 0 Å². The van der Waals surface area contributed by atoms with Gasteiger partial charge in [-0.3, -0.25) is 4.79 Å². The summed E-state index contributed by atoms with van der Waals surface area (Å²) in [6, 6.07) is 0. The van der Waals surface area contributed by atoms with E-state index in [0.29, 0.717) is 5.94 Å². The maximum atomic E-state index is 10.3. The van der Waals surface area contributed by atoms with Gasteiger partial charge in [0.2, 0.25) is 0 Å². The molecule has 54 valence electrons. The number of thioether (sulfide) groups is 1. The van der Waals surface area contributed by atoms with E-state index in [4.69, 9.17) is 4.74 Å². The van der Waals surface area contributed by atoms with Crippen LogP contribution in [0.1, 0.15) is 20.8 Å². The molecule has 0 saturated carbocycles. The van der Waals surface area contributed by atoms with Crippen molar-refractivity contribution in [2.45, 2.75) is 26.9 Å². The fraction of sp³-hybridized carbons (Fsp3) is 0.833. The van der Waals surface area contributed by atoms with Gasteiger partial charge in [-0.2, -0.15) is 0 Å². The predicted octanol–water partition coefficient (Wildman–Crippen LogP) is 1.65. The fourth-order valence-electron chi connectivity index (χ4n) is 0.253. The molecule has 0 fully saturated rings. The molecule has 0 aromatic carbocycles. The van der Waals surface area contributed by atoms with Gasteiger partial charge in [-0.1, -0.05) is 11.8 Å². The molecule has 0 aromatic rings. The quantitative estimate of drug-likeness (QED) is 0.569. The largest absolute Gasteiger partial charge is 0.368 e. The van der Waals surface area contributed by atoms with Gasteiger partial charge in [0, 0.05) is 6.92 Å². The highest BCUT2D eigenvalue weighted by Crippen LogP contribution is 2.02. The van der Waals surface area contributed by atoms with E-state index < -0.39 is 0 Å². The van der Waals surface area contributed by atoms with E-state index in [1.807, 2.05) is 13.8 Å². The highest BCUT2D eigenvalue weighted by molar-refractivity contribution is 8.13. The lowest BCUT2D eigenvalue weighted by Crippen LogP contribution is -2.02. The third-order valence-electron chi connectivity index (χ3n) is 0.664. The van der Waals surface area contributed by atoms with Gasteiger partial charge in [-0.05, 0) is 13.8 Å². The molecular weight excluding hydrogens is 136 g/mol. The lowest BCUT2D eigenvalue weighted by Gasteiger charge is -2.03. The Morgan fingerprint density at radius 2 is 2.22 bits per heavy atom. The topological polar surface area (TPSA) is 26.3 Å². The molecule has 0 aliphatic heterocycles. The third kappa shape index (κ3) is 7.98. The van der Waals surface area contributed by atoms with Crippen LogP contribution in [0.3, 0.4) is 0 Å². The van der Waals surface area contributed by atoms with Crippen LogP contribution in [0.4, 0.5) is 0 Å². The van der Waals surface area contributed by atoms with Crippen molar-refractivity contribution >= 4 is 16.9 Å². The first kappa shape index (κ1) is 8.98. The lowest BCUT2D eigenvalue weighted by atomic mass is 10.5. The first-order valence-corrected chi connectivity index (χ1v) is 3.86. The Morgan fingerprint density at radius 3 is 2.56 bits per heavy atom. The number of hydrogen-bond acceptors (Lipinski definition) is 3. The summed E-state index contributed by atoms with van der Waals surface area (Å²) in [5.41, 5.74) is 0. The second kappa shape index (κ2) is 4.82. The van der Waals surface area contributed by atoms with Crippen LogP contribution in [-0.4, -0.2) is 17.2 Å². The average Bonchev–Trinajstić information content (AvgIpc) is 1.63. The number of ether oxygens (including phenoxy) is 1. The van der Waals surface area contributed by atoms with Gasteiger partial charge in [0.25, 0.3) is 0 Å². The smallest absolute Gasteiger partial charge is 0.188 e. The zero-order valence-corrected chi connectivity index (χ0v) is 6.83. The minimum absolute atomic E-state index is 0.107. The molecule has 0 aliphatic carbocycles. The first-order valence-electron chi connectivity index (χ1n) is 2.88. The number of carbonyl (C=O) groups is 1. The second-order valence-corrected chi connectivity index (χ2v) is 3.07. The van der Waals surface area contributed by atoms with Crippen LogP contribution >= 0.6 is 11.8 Å². The second-order valence-electron chi connectivity index (χ2n) is 1.97. The summed E-state index contributed by atoms with van der Waals surface area (Å²) in [6.07, 6.45) is 0.219. The maximum absolute atomic E-state index is 10.3. The average molecular weight is 148 g/mol. The molecule has 0 amide bonds. The van der Waals surface area contributed by atoms with Gasteiger partial charge in [-0.25, -0.2) is 0 Å². The normalized spacial score (nSPS) is 10.2. The van der Waals surface area contributed by atoms with Gasteiger partial charge in [0.05, 0.1) is 12.0 Å². The zero-order chi connectivity index (χ0) is 7.28. The van der Waals surface area contributed by atoms with Crippen LogP contribution in [0.25, 0.3) is 0 Å². The lowest BCUT2D eigenvalue weighted by molar-refractivity contribution is -0.109.